The lowest BCUT2D eigenvalue weighted by Crippen LogP contribution is -2.60. The van der Waals surface area contributed by atoms with Gasteiger partial charge >= 0.3 is 5.97 Å². The maximum Gasteiger partial charge on any atom is 0.329 e. The highest BCUT2D eigenvalue weighted by Gasteiger charge is 2.44. The lowest BCUT2D eigenvalue weighted by Gasteiger charge is -2.41. The third-order valence-corrected chi connectivity index (χ3v) is 11.1. The number of hydrogen-bond acceptors (Lipinski definition) is 10. The molecule has 0 saturated carbocycles. The zero-order valence-electron chi connectivity index (χ0n) is 37.0. The first-order valence-corrected chi connectivity index (χ1v) is 20.5. The number of amides is 4. The van der Waals surface area contributed by atoms with Crippen LogP contribution >= 0.6 is 0 Å². The minimum absolute atomic E-state index is 0.0768. The van der Waals surface area contributed by atoms with Crippen molar-refractivity contribution in [3.8, 4) is 0 Å². The Hall–Kier alpha value is -4.24. The van der Waals surface area contributed by atoms with Crippen molar-refractivity contribution in [2.24, 2.45) is 22.9 Å². The highest BCUT2D eigenvalue weighted by atomic mass is 16.6. The van der Waals surface area contributed by atoms with Crippen molar-refractivity contribution in [3.63, 3.8) is 0 Å². The largest absolute Gasteiger partial charge is 0.458 e. The van der Waals surface area contributed by atoms with E-state index in [-0.39, 0.29) is 30.6 Å². The zero-order chi connectivity index (χ0) is 43.9. The van der Waals surface area contributed by atoms with Crippen molar-refractivity contribution in [1.29, 1.82) is 0 Å². The molecule has 1 heterocycles. The van der Waals surface area contributed by atoms with Gasteiger partial charge in [-0.2, -0.15) is 0 Å². The van der Waals surface area contributed by atoms with Gasteiger partial charge in [-0.15, -0.1) is 0 Å². The average Bonchev–Trinajstić information content (AvgIpc) is 3.65. The Morgan fingerprint density at radius 2 is 1.62 bits per heavy atom. The van der Waals surface area contributed by atoms with E-state index in [9.17, 15) is 29.5 Å². The predicted molar refractivity (Wildman–Crippen MR) is 222 cm³/mol. The average molecular weight is 815 g/mol. The molecule has 3 N–H and O–H groups in total. The molecule has 1 fully saturated rings. The maximum absolute atomic E-state index is 14.3. The molecule has 10 atom stereocenters. The molecule has 1 aliphatic heterocycles. The summed E-state index contributed by atoms with van der Waals surface area (Å²) in [4.78, 5) is 75.2. The minimum Gasteiger partial charge on any atom is -0.458 e. The number of nitrogens with one attached hydrogen (secondary N) is 3. The Bertz CT molecular complexity index is 1550. The van der Waals surface area contributed by atoms with Gasteiger partial charge in [-0.25, -0.2) is 4.79 Å². The Kier molecular flexibility index (Phi) is 20.1. The maximum atomic E-state index is 14.3. The summed E-state index contributed by atoms with van der Waals surface area (Å²) in [5.41, 5.74) is 9.34. The molecule has 16 nitrogen and oxygen atoms in total. The number of hydrogen-bond donors (Lipinski definition) is 3. The third-order valence-electron chi connectivity index (χ3n) is 11.1. The number of likely N-dealkylation sites (tertiary alicyclic amines) is 1. The van der Waals surface area contributed by atoms with Gasteiger partial charge < -0.3 is 40.0 Å². The lowest BCUT2D eigenvalue weighted by atomic mass is 9.89. The Balaban J connectivity index is 2.35. The first-order valence-electron chi connectivity index (χ1n) is 20.5. The molecule has 1 aromatic carbocycles. The van der Waals surface area contributed by atoms with E-state index >= 15 is 0 Å². The van der Waals surface area contributed by atoms with Crippen molar-refractivity contribution in [1.82, 2.24) is 25.8 Å². The topological polar surface area (TPSA) is 204 Å². The number of likely N-dealkylation sites (N-methyl/N-ethyl adjacent to an activating group) is 2. The molecule has 1 aliphatic rings. The van der Waals surface area contributed by atoms with Crippen LogP contribution in [0.5, 0.6) is 0 Å². The van der Waals surface area contributed by atoms with Crippen molar-refractivity contribution < 1.29 is 38.2 Å². The lowest BCUT2D eigenvalue weighted by molar-refractivity contribution is -0.159. The molecule has 1 saturated heterocycles. The van der Waals surface area contributed by atoms with Crippen LogP contribution in [0.25, 0.3) is 10.4 Å². The van der Waals surface area contributed by atoms with Crippen molar-refractivity contribution >= 4 is 29.6 Å². The molecular weight excluding hydrogens is 745 g/mol. The number of esters is 1. The minimum atomic E-state index is -1.18. The van der Waals surface area contributed by atoms with Crippen LogP contribution in [-0.4, -0.2) is 128 Å². The number of nitrogens with zero attached hydrogens (tertiary/aromatic N) is 5. The molecule has 2 rings (SSSR count). The quantitative estimate of drug-likeness (QED) is 0.0656. The fraction of sp³-hybridized carbons (Fsp3) is 0.738. The van der Waals surface area contributed by atoms with Crippen LogP contribution in [0.2, 0.25) is 0 Å². The summed E-state index contributed by atoms with van der Waals surface area (Å²) >= 11 is 0. The third kappa shape index (κ3) is 14.0. The SMILES string of the molecule is CC[C@H](C)[C@@H]([C@@H](CC(=O)N1CCC[C@H]1[C@H](OC)[C@@H](C)C(=O)N[C@@H](Cc1ccccc1)C(=O)OC(C)(C)C)OC)N(C)C(=O)[C@@H](NC(=O)[C@@H](NC)C(C)C)[C@H](C)N=[N+]=[N-]. The summed E-state index contributed by atoms with van der Waals surface area (Å²) in [6.45, 7) is 16.7. The highest BCUT2D eigenvalue weighted by Crippen LogP contribution is 2.30. The summed E-state index contributed by atoms with van der Waals surface area (Å²) in [7, 11) is 6.27. The van der Waals surface area contributed by atoms with E-state index in [0.29, 0.717) is 25.8 Å². The first kappa shape index (κ1) is 49.9. The number of ether oxygens (including phenoxy) is 3. The molecule has 0 aliphatic carbocycles. The van der Waals surface area contributed by atoms with Crippen LogP contribution in [0.4, 0.5) is 0 Å². The first-order chi connectivity index (χ1) is 27.3. The van der Waals surface area contributed by atoms with E-state index in [1.165, 1.54) is 19.1 Å². The smallest absolute Gasteiger partial charge is 0.329 e. The Labute approximate surface area is 345 Å². The second kappa shape index (κ2) is 23.4. The molecule has 0 aromatic heterocycles. The standard InChI is InChI=1S/C42H70N8O8/c1-14-26(4)36(49(11)40(54)35(28(6)47-48-43)46-39(53)34(44-10)25(2)3)32(56-12)24-33(51)50-22-18-21-31(50)37(57-13)27(5)38(52)45-30(41(55)58-42(7,8)9)23-29-19-16-15-17-20-29/h15-17,19-20,25-28,30-32,34-37,44H,14,18,21-24H2,1-13H3,(H,45,52)(H,46,53)/t26-,27+,28-,30-,31-,32+,34-,35-,36-,37+/m0/s1. The highest BCUT2D eigenvalue weighted by molar-refractivity contribution is 5.91. The van der Waals surface area contributed by atoms with E-state index in [0.717, 1.165) is 5.56 Å². The second-order valence-electron chi connectivity index (χ2n) is 16.8. The van der Waals surface area contributed by atoms with Crippen LogP contribution in [-0.2, 0) is 44.6 Å². The van der Waals surface area contributed by atoms with Crippen molar-refractivity contribution in [3.05, 3.63) is 46.3 Å². The number of azide groups is 1. The van der Waals surface area contributed by atoms with Gasteiger partial charge in [0.2, 0.25) is 23.6 Å². The number of carbonyl (C=O) groups excluding carboxylic acids is 5. The zero-order valence-corrected chi connectivity index (χ0v) is 37.0. The van der Waals surface area contributed by atoms with Crippen LogP contribution in [0, 0.1) is 17.8 Å². The molecule has 0 unspecified atom stereocenters. The normalized spacial score (nSPS) is 19.0. The van der Waals surface area contributed by atoms with Crippen molar-refractivity contribution in [2.75, 3.05) is 34.9 Å². The fourth-order valence-corrected chi connectivity index (χ4v) is 7.79. The van der Waals surface area contributed by atoms with Gasteiger partial charge in [0.15, 0.2) is 0 Å². The van der Waals surface area contributed by atoms with E-state index < -0.39 is 83.7 Å². The Morgan fingerprint density at radius 3 is 2.14 bits per heavy atom. The summed E-state index contributed by atoms with van der Waals surface area (Å²) in [5, 5.41) is 12.5. The van der Waals surface area contributed by atoms with Gasteiger partial charge in [0.25, 0.3) is 0 Å². The summed E-state index contributed by atoms with van der Waals surface area (Å²) in [5.74, 6) is -3.04. The number of rotatable bonds is 22. The molecule has 0 spiro atoms. The fourth-order valence-electron chi connectivity index (χ4n) is 7.79. The van der Waals surface area contributed by atoms with Crippen LogP contribution in [0.1, 0.15) is 93.6 Å². The molecule has 4 amide bonds. The van der Waals surface area contributed by atoms with Gasteiger partial charge in [-0.3, -0.25) is 19.2 Å². The molecule has 58 heavy (non-hydrogen) atoms. The Morgan fingerprint density at radius 1 is 0.983 bits per heavy atom. The summed E-state index contributed by atoms with van der Waals surface area (Å²) in [6.07, 6.45) is 0.635. The molecule has 0 bridgehead atoms. The van der Waals surface area contributed by atoms with Crippen LogP contribution in [0.15, 0.2) is 35.4 Å². The van der Waals surface area contributed by atoms with E-state index in [4.69, 9.17) is 14.2 Å². The summed E-state index contributed by atoms with van der Waals surface area (Å²) in [6, 6.07) is 4.69. The van der Waals surface area contributed by atoms with Crippen LogP contribution < -0.4 is 16.0 Å². The van der Waals surface area contributed by atoms with Gasteiger partial charge in [0.05, 0.1) is 48.7 Å². The van der Waals surface area contributed by atoms with Gasteiger partial charge in [0.1, 0.15) is 17.7 Å². The van der Waals surface area contributed by atoms with E-state index in [1.807, 2.05) is 58.0 Å². The van der Waals surface area contributed by atoms with Gasteiger partial charge in [0, 0.05) is 39.1 Å². The van der Waals surface area contributed by atoms with Gasteiger partial charge in [-0.05, 0) is 63.6 Å². The van der Waals surface area contributed by atoms with Crippen molar-refractivity contribution in [2.45, 2.75) is 148 Å². The second-order valence-corrected chi connectivity index (χ2v) is 16.8. The van der Waals surface area contributed by atoms with E-state index in [1.54, 1.807) is 53.6 Å². The molecule has 0 radical (unpaired) electrons. The number of carbonyl (C=O) groups is 5. The molecule has 326 valence electrons. The molecule has 16 heteroatoms. The monoisotopic (exact) mass is 815 g/mol. The number of methoxy groups -OCH3 is 2. The number of benzene rings is 1. The predicted octanol–water partition coefficient (Wildman–Crippen LogP) is 4.40. The molecular formula is C42H70N8O8. The summed E-state index contributed by atoms with van der Waals surface area (Å²) < 4.78 is 17.6. The molecule has 1 aromatic rings. The van der Waals surface area contributed by atoms with Crippen LogP contribution in [0.3, 0.4) is 0 Å². The van der Waals surface area contributed by atoms with E-state index in [2.05, 4.69) is 26.0 Å². The van der Waals surface area contributed by atoms with Gasteiger partial charge in [-0.1, -0.05) is 83.4 Å².